The monoisotopic (exact) mass is 318 g/mol. The minimum atomic E-state index is 0.571. The van der Waals surface area contributed by atoms with Crippen LogP contribution >= 0.6 is 22.6 Å². The summed E-state index contributed by atoms with van der Waals surface area (Å²) in [6.07, 6.45) is 6.19. The summed E-state index contributed by atoms with van der Waals surface area (Å²) in [5.41, 5.74) is 0. The van der Waals surface area contributed by atoms with Gasteiger partial charge in [-0.05, 0) is 42.5 Å². The van der Waals surface area contributed by atoms with E-state index in [1.807, 2.05) is 19.4 Å². The molecule has 1 atom stereocenters. The predicted molar refractivity (Wildman–Crippen MR) is 69.0 cm³/mol. The first-order chi connectivity index (χ1) is 7.29. The number of rotatable bonds is 2. The van der Waals surface area contributed by atoms with Gasteiger partial charge in [0.25, 0.3) is 0 Å². The van der Waals surface area contributed by atoms with Crippen LogP contribution in [0, 0.1) is 3.57 Å². The molecule has 0 amide bonds. The lowest BCUT2D eigenvalue weighted by Gasteiger charge is -2.32. The Bertz CT molecular complexity index is 314. The fourth-order valence-corrected chi connectivity index (χ4v) is 2.14. The molecule has 1 unspecified atom stereocenters. The molecule has 1 aromatic heterocycles. The summed E-state index contributed by atoms with van der Waals surface area (Å²) in [6.45, 7) is 2.08. The number of nitrogens with zero attached hydrogens (tertiary/aromatic N) is 3. The van der Waals surface area contributed by atoms with E-state index >= 15 is 0 Å². The highest BCUT2D eigenvalue weighted by molar-refractivity contribution is 14.1. The zero-order valence-corrected chi connectivity index (χ0v) is 10.9. The summed E-state index contributed by atoms with van der Waals surface area (Å²) in [6, 6.07) is 0.571. The van der Waals surface area contributed by atoms with E-state index < -0.39 is 0 Å². The predicted octanol–water partition coefficient (Wildman–Crippen LogP) is 1.27. The summed E-state index contributed by atoms with van der Waals surface area (Å²) in [5, 5.41) is 3.32. The van der Waals surface area contributed by atoms with E-state index in [2.05, 4.69) is 42.8 Å². The van der Waals surface area contributed by atoms with Gasteiger partial charge in [-0.3, -0.25) is 0 Å². The standard InChI is InChI=1S/C10H15IN4/c1-12-9-3-2-4-15(7-9)10-13-5-8(11)6-14-10/h5-6,9,12H,2-4,7H2,1H3. The van der Waals surface area contributed by atoms with Crippen molar-refractivity contribution >= 4 is 28.5 Å². The molecule has 1 fully saturated rings. The minimum Gasteiger partial charge on any atom is -0.339 e. The molecule has 1 aliphatic heterocycles. The van der Waals surface area contributed by atoms with Gasteiger partial charge < -0.3 is 10.2 Å². The maximum atomic E-state index is 4.35. The van der Waals surface area contributed by atoms with E-state index in [9.17, 15) is 0 Å². The quantitative estimate of drug-likeness (QED) is 0.834. The van der Waals surface area contributed by atoms with Gasteiger partial charge in [-0.2, -0.15) is 0 Å². The van der Waals surface area contributed by atoms with Crippen molar-refractivity contribution in [1.29, 1.82) is 0 Å². The van der Waals surface area contributed by atoms with Crippen LogP contribution < -0.4 is 10.2 Å². The topological polar surface area (TPSA) is 41.0 Å². The van der Waals surface area contributed by atoms with E-state index in [0.717, 1.165) is 22.6 Å². The fourth-order valence-electron chi connectivity index (χ4n) is 1.86. The molecule has 0 spiro atoms. The Balaban J connectivity index is 2.06. The van der Waals surface area contributed by atoms with Gasteiger partial charge in [0.1, 0.15) is 0 Å². The van der Waals surface area contributed by atoms with Crippen molar-refractivity contribution < 1.29 is 0 Å². The lowest BCUT2D eigenvalue weighted by Crippen LogP contribution is -2.45. The first-order valence-corrected chi connectivity index (χ1v) is 6.27. The van der Waals surface area contributed by atoms with Gasteiger partial charge >= 0.3 is 0 Å². The van der Waals surface area contributed by atoms with Crippen molar-refractivity contribution in [3.63, 3.8) is 0 Å². The van der Waals surface area contributed by atoms with Crippen LogP contribution in [0.4, 0.5) is 5.95 Å². The van der Waals surface area contributed by atoms with E-state index in [1.54, 1.807) is 0 Å². The van der Waals surface area contributed by atoms with Crippen molar-refractivity contribution in [1.82, 2.24) is 15.3 Å². The number of halogens is 1. The van der Waals surface area contributed by atoms with Crippen LogP contribution in [0.5, 0.6) is 0 Å². The molecule has 0 radical (unpaired) electrons. The Labute approximate surface area is 104 Å². The number of hydrogen-bond acceptors (Lipinski definition) is 4. The van der Waals surface area contributed by atoms with E-state index in [1.165, 1.54) is 12.8 Å². The summed E-state index contributed by atoms with van der Waals surface area (Å²) in [5.74, 6) is 0.857. The van der Waals surface area contributed by atoms with Crippen LogP contribution in [0.25, 0.3) is 0 Å². The molecule has 1 N–H and O–H groups in total. The van der Waals surface area contributed by atoms with Crippen LogP contribution in [-0.2, 0) is 0 Å². The molecule has 0 aromatic carbocycles. The van der Waals surface area contributed by atoms with E-state index in [4.69, 9.17) is 0 Å². The number of aromatic nitrogens is 2. The smallest absolute Gasteiger partial charge is 0.225 e. The van der Waals surface area contributed by atoms with Crippen LogP contribution in [0.3, 0.4) is 0 Å². The lowest BCUT2D eigenvalue weighted by atomic mass is 10.1. The highest BCUT2D eigenvalue weighted by Crippen LogP contribution is 2.15. The lowest BCUT2D eigenvalue weighted by molar-refractivity contribution is 0.445. The zero-order valence-electron chi connectivity index (χ0n) is 8.78. The largest absolute Gasteiger partial charge is 0.339 e. The second-order valence-electron chi connectivity index (χ2n) is 3.78. The van der Waals surface area contributed by atoms with E-state index in [-0.39, 0.29) is 0 Å². The maximum Gasteiger partial charge on any atom is 0.225 e. The molecule has 82 valence electrons. The average molecular weight is 318 g/mol. The van der Waals surface area contributed by atoms with Gasteiger partial charge in [-0.25, -0.2) is 9.97 Å². The van der Waals surface area contributed by atoms with Crippen molar-refractivity contribution in [2.45, 2.75) is 18.9 Å². The molecular weight excluding hydrogens is 303 g/mol. The summed E-state index contributed by atoms with van der Waals surface area (Å²) in [4.78, 5) is 11.0. The normalized spacial score (nSPS) is 21.7. The second kappa shape index (κ2) is 5.07. The van der Waals surface area contributed by atoms with Crippen molar-refractivity contribution in [2.24, 2.45) is 0 Å². The first kappa shape index (κ1) is 11.1. The average Bonchev–Trinajstić information content (AvgIpc) is 2.30. The number of anilines is 1. The van der Waals surface area contributed by atoms with Gasteiger partial charge in [0.05, 0.1) is 0 Å². The van der Waals surface area contributed by atoms with Gasteiger partial charge in [0.15, 0.2) is 0 Å². The van der Waals surface area contributed by atoms with Gasteiger partial charge in [0.2, 0.25) is 5.95 Å². The summed E-state index contributed by atoms with van der Waals surface area (Å²) < 4.78 is 1.08. The Morgan fingerprint density at radius 3 is 2.87 bits per heavy atom. The highest BCUT2D eigenvalue weighted by Gasteiger charge is 2.19. The first-order valence-electron chi connectivity index (χ1n) is 5.19. The Kier molecular flexibility index (Phi) is 3.74. The Hall–Kier alpha value is -0.430. The van der Waals surface area contributed by atoms with Crippen molar-refractivity contribution in [3.8, 4) is 0 Å². The fraction of sp³-hybridized carbons (Fsp3) is 0.600. The number of hydrogen-bond donors (Lipinski definition) is 1. The third kappa shape index (κ3) is 2.78. The Morgan fingerprint density at radius 2 is 2.20 bits per heavy atom. The van der Waals surface area contributed by atoms with Crippen LogP contribution in [0.2, 0.25) is 0 Å². The van der Waals surface area contributed by atoms with Crippen LogP contribution in [0.15, 0.2) is 12.4 Å². The number of likely N-dealkylation sites (N-methyl/N-ethyl adjacent to an activating group) is 1. The van der Waals surface area contributed by atoms with E-state index in [0.29, 0.717) is 6.04 Å². The maximum absolute atomic E-state index is 4.35. The Morgan fingerprint density at radius 1 is 1.47 bits per heavy atom. The van der Waals surface area contributed by atoms with Crippen LogP contribution in [0.1, 0.15) is 12.8 Å². The molecule has 2 heterocycles. The number of piperidine rings is 1. The SMILES string of the molecule is CNC1CCCN(c2ncc(I)cn2)C1. The van der Waals surface area contributed by atoms with Crippen molar-refractivity contribution in [2.75, 3.05) is 25.0 Å². The molecule has 4 nitrogen and oxygen atoms in total. The summed E-state index contributed by atoms with van der Waals surface area (Å²) in [7, 11) is 2.02. The molecule has 0 aliphatic carbocycles. The molecule has 0 saturated carbocycles. The molecule has 2 rings (SSSR count). The highest BCUT2D eigenvalue weighted by atomic mass is 127. The molecule has 0 bridgehead atoms. The van der Waals surface area contributed by atoms with Gasteiger partial charge in [-0.1, -0.05) is 0 Å². The number of nitrogens with one attached hydrogen (secondary N) is 1. The molecule has 15 heavy (non-hydrogen) atoms. The minimum absolute atomic E-state index is 0.571. The molecule has 1 aliphatic rings. The van der Waals surface area contributed by atoms with Crippen molar-refractivity contribution in [3.05, 3.63) is 16.0 Å². The zero-order chi connectivity index (χ0) is 10.7. The third-order valence-electron chi connectivity index (χ3n) is 2.72. The van der Waals surface area contributed by atoms with Crippen LogP contribution in [-0.4, -0.2) is 36.1 Å². The molecule has 5 heteroatoms. The molecule has 1 aromatic rings. The second-order valence-corrected chi connectivity index (χ2v) is 5.02. The van der Waals surface area contributed by atoms with Gasteiger partial charge in [0, 0.05) is 35.1 Å². The molecule has 1 saturated heterocycles. The third-order valence-corrected chi connectivity index (χ3v) is 3.28. The molecular formula is C10H15IN4. The summed E-state index contributed by atoms with van der Waals surface area (Å²) >= 11 is 2.22. The van der Waals surface area contributed by atoms with Gasteiger partial charge in [-0.15, -0.1) is 0 Å².